The quantitative estimate of drug-likeness (QED) is 0.289. The van der Waals surface area contributed by atoms with Gasteiger partial charge in [-0.25, -0.2) is 14.4 Å². The molecule has 0 radical (unpaired) electrons. The van der Waals surface area contributed by atoms with E-state index in [4.69, 9.17) is 5.11 Å². The van der Waals surface area contributed by atoms with Crippen LogP contribution in [0.3, 0.4) is 0 Å². The second-order valence-corrected chi connectivity index (χ2v) is 2.91. The third-order valence-electron chi connectivity index (χ3n) is 1.52. The van der Waals surface area contributed by atoms with E-state index in [1.807, 2.05) is 0 Å². The van der Waals surface area contributed by atoms with Crippen molar-refractivity contribution in [2.75, 3.05) is 13.2 Å². The molecule has 7 nitrogen and oxygen atoms in total. The second kappa shape index (κ2) is 8.94. The van der Waals surface area contributed by atoms with Crippen molar-refractivity contribution in [1.82, 2.24) is 0 Å². The van der Waals surface area contributed by atoms with Crippen LogP contribution >= 0.6 is 0 Å². The van der Waals surface area contributed by atoms with Gasteiger partial charge in [-0.15, -0.1) is 0 Å². The largest absolute Gasteiger partial charge is 0.461 e. The molecule has 7 heteroatoms. The van der Waals surface area contributed by atoms with Crippen molar-refractivity contribution >= 4 is 17.9 Å². The number of carbonyl (C=O) groups excluding carboxylic acids is 3. The zero-order valence-electron chi connectivity index (χ0n) is 9.83. The first-order valence-electron chi connectivity index (χ1n) is 4.99. The summed E-state index contributed by atoms with van der Waals surface area (Å²) < 4.78 is 13.5. The number of aliphatic hydroxyl groups excluding tert-OH is 1. The Morgan fingerprint density at radius 2 is 1.89 bits per heavy atom. The average Bonchev–Trinajstić information content (AvgIpc) is 2.33. The fraction of sp³-hybridized carbons (Fsp3) is 0.364. The number of carbonyl (C=O) groups is 3. The minimum absolute atomic E-state index is 0.178. The van der Waals surface area contributed by atoms with Crippen LogP contribution in [0.5, 0.6) is 0 Å². The summed E-state index contributed by atoms with van der Waals surface area (Å²) in [5.74, 6) is -2.48. The molecule has 0 bridgehead atoms. The van der Waals surface area contributed by atoms with Crippen molar-refractivity contribution in [1.29, 1.82) is 0 Å². The van der Waals surface area contributed by atoms with Crippen LogP contribution in [0.2, 0.25) is 0 Å². The lowest BCUT2D eigenvalue weighted by Gasteiger charge is -2.10. The maximum atomic E-state index is 11.1. The van der Waals surface area contributed by atoms with Crippen molar-refractivity contribution in [3.8, 4) is 0 Å². The predicted octanol–water partition coefficient (Wildman–Crippen LogP) is -0.304. The van der Waals surface area contributed by atoms with Gasteiger partial charge in [-0.1, -0.05) is 6.58 Å². The summed E-state index contributed by atoms with van der Waals surface area (Å²) in [6, 6.07) is 0. The molecular weight excluding hydrogens is 244 g/mol. The number of esters is 3. The Labute approximate surface area is 104 Å². The normalized spacial score (nSPS) is 11.7. The van der Waals surface area contributed by atoms with Crippen LogP contribution < -0.4 is 0 Å². The summed E-state index contributed by atoms with van der Waals surface area (Å²) in [4.78, 5) is 33.1. The van der Waals surface area contributed by atoms with Gasteiger partial charge in [0, 0.05) is 12.2 Å². The average molecular weight is 258 g/mol. The molecule has 0 saturated heterocycles. The Morgan fingerprint density at radius 1 is 1.28 bits per heavy atom. The van der Waals surface area contributed by atoms with Crippen LogP contribution in [0.15, 0.2) is 25.0 Å². The van der Waals surface area contributed by atoms with Crippen molar-refractivity contribution in [2.24, 2.45) is 0 Å². The van der Waals surface area contributed by atoms with Gasteiger partial charge in [0.1, 0.15) is 6.61 Å². The molecule has 100 valence electrons. The van der Waals surface area contributed by atoms with Gasteiger partial charge < -0.3 is 19.3 Å². The van der Waals surface area contributed by atoms with Gasteiger partial charge in [-0.2, -0.15) is 0 Å². The number of hydrogen-bond acceptors (Lipinski definition) is 7. The third kappa shape index (κ3) is 7.18. The molecule has 0 aromatic rings. The molecule has 0 aromatic heterocycles. The monoisotopic (exact) mass is 258 g/mol. The van der Waals surface area contributed by atoms with Gasteiger partial charge in [0.25, 0.3) is 0 Å². The molecule has 0 amide bonds. The lowest BCUT2D eigenvalue weighted by atomic mass is 10.4. The van der Waals surface area contributed by atoms with Crippen molar-refractivity contribution < 1.29 is 33.7 Å². The molecule has 18 heavy (non-hydrogen) atoms. The molecule has 0 spiro atoms. The topological polar surface area (TPSA) is 99.1 Å². The molecule has 1 unspecified atom stereocenters. The van der Waals surface area contributed by atoms with Gasteiger partial charge in [0.15, 0.2) is 6.10 Å². The molecule has 0 aliphatic heterocycles. The van der Waals surface area contributed by atoms with Gasteiger partial charge in [0.2, 0.25) is 0 Å². The van der Waals surface area contributed by atoms with Gasteiger partial charge in [-0.3, -0.25) is 0 Å². The van der Waals surface area contributed by atoms with E-state index >= 15 is 0 Å². The highest BCUT2D eigenvalue weighted by Crippen LogP contribution is 1.96. The zero-order valence-corrected chi connectivity index (χ0v) is 9.83. The number of rotatable bonds is 7. The highest BCUT2D eigenvalue weighted by molar-refractivity contribution is 5.92. The van der Waals surface area contributed by atoms with Crippen LogP contribution in [-0.4, -0.2) is 42.3 Å². The molecule has 0 aliphatic carbocycles. The number of ether oxygens (including phenoxy) is 3. The minimum atomic E-state index is -1.14. The zero-order chi connectivity index (χ0) is 14.0. The van der Waals surface area contributed by atoms with E-state index in [1.54, 1.807) is 0 Å². The minimum Gasteiger partial charge on any atom is -0.461 e. The first kappa shape index (κ1) is 15.9. The van der Waals surface area contributed by atoms with Crippen LogP contribution in [0.25, 0.3) is 0 Å². The van der Waals surface area contributed by atoms with Gasteiger partial charge in [0.05, 0.1) is 12.9 Å². The fourth-order valence-electron chi connectivity index (χ4n) is 0.783. The smallest absolute Gasteiger partial charge is 0.347 e. The molecule has 0 rings (SSSR count). The highest BCUT2D eigenvalue weighted by Gasteiger charge is 2.17. The Hall–Kier alpha value is -2.15. The summed E-state index contributed by atoms with van der Waals surface area (Å²) >= 11 is 0. The molecule has 0 saturated carbocycles. The highest BCUT2D eigenvalue weighted by atomic mass is 16.6. The Bertz CT molecular complexity index is 345. The van der Waals surface area contributed by atoms with E-state index in [1.165, 1.54) is 6.92 Å². The van der Waals surface area contributed by atoms with E-state index in [9.17, 15) is 14.4 Å². The lowest BCUT2D eigenvalue weighted by Crippen LogP contribution is -2.26. The van der Waals surface area contributed by atoms with Crippen LogP contribution in [0.1, 0.15) is 6.92 Å². The molecule has 0 aliphatic rings. The third-order valence-corrected chi connectivity index (χ3v) is 1.52. The summed E-state index contributed by atoms with van der Waals surface area (Å²) in [5, 5.41) is 8.42. The summed E-state index contributed by atoms with van der Waals surface area (Å²) in [5.41, 5.74) is 0. The van der Waals surface area contributed by atoms with Crippen molar-refractivity contribution in [3.63, 3.8) is 0 Å². The van der Waals surface area contributed by atoms with E-state index in [-0.39, 0.29) is 13.2 Å². The van der Waals surface area contributed by atoms with Crippen LogP contribution in [-0.2, 0) is 28.6 Å². The molecular formula is C11H14O7. The first-order chi connectivity index (χ1) is 8.51. The van der Waals surface area contributed by atoms with Crippen molar-refractivity contribution in [2.45, 2.75) is 13.0 Å². The molecule has 0 aromatic carbocycles. The maximum absolute atomic E-state index is 11.1. The molecule has 0 heterocycles. The molecule has 0 fully saturated rings. The summed E-state index contributed by atoms with van der Waals surface area (Å²) in [6.07, 6.45) is 1.41. The van der Waals surface area contributed by atoms with E-state index in [0.717, 1.165) is 18.4 Å². The SMILES string of the molecule is C=COC(=O)/C=C\C(=O)OC(C)C(=O)OCCO. The van der Waals surface area contributed by atoms with Crippen LogP contribution in [0, 0.1) is 0 Å². The first-order valence-corrected chi connectivity index (χ1v) is 4.99. The van der Waals surface area contributed by atoms with E-state index < -0.39 is 24.0 Å². The standard InChI is InChI=1S/C11H14O7/c1-3-16-9(13)4-5-10(14)18-8(2)11(15)17-7-6-12/h3-5,8,12H,1,6-7H2,2H3/b5-4-. The fourth-order valence-corrected chi connectivity index (χ4v) is 0.783. The molecule has 1 atom stereocenters. The molecule has 1 N–H and O–H groups in total. The Kier molecular flexibility index (Phi) is 7.87. The Morgan fingerprint density at radius 3 is 2.44 bits per heavy atom. The number of aliphatic hydroxyl groups is 1. The van der Waals surface area contributed by atoms with Gasteiger partial charge >= 0.3 is 17.9 Å². The summed E-state index contributed by atoms with van der Waals surface area (Å²) in [7, 11) is 0. The number of hydrogen-bond donors (Lipinski definition) is 1. The maximum Gasteiger partial charge on any atom is 0.347 e. The van der Waals surface area contributed by atoms with E-state index in [2.05, 4.69) is 20.8 Å². The Balaban J connectivity index is 4.11. The lowest BCUT2D eigenvalue weighted by molar-refractivity contribution is -0.164. The van der Waals surface area contributed by atoms with Crippen LogP contribution in [0.4, 0.5) is 0 Å². The second-order valence-electron chi connectivity index (χ2n) is 2.91. The van der Waals surface area contributed by atoms with Crippen molar-refractivity contribution in [3.05, 3.63) is 25.0 Å². The summed E-state index contributed by atoms with van der Waals surface area (Å²) in [6.45, 7) is 3.95. The van der Waals surface area contributed by atoms with Gasteiger partial charge in [-0.05, 0) is 6.92 Å². The van der Waals surface area contributed by atoms with E-state index in [0.29, 0.717) is 0 Å². The predicted molar refractivity (Wildman–Crippen MR) is 59.0 cm³/mol.